The van der Waals surface area contributed by atoms with Gasteiger partial charge in [0.15, 0.2) is 5.96 Å². The van der Waals surface area contributed by atoms with Crippen LogP contribution in [0.4, 0.5) is 0 Å². The number of likely N-dealkylation sites (N-methyl/N-ethyl adjacent to an activating group) is 1. The van der Waals surface area contributed by atoms with Gasteiger partial charge < -0.3 is 20.1 Å². The molecule has 26 heavy (non-hydrogen) atoms. The standard InChI is InChI=1S/C17H30Cl2N6.HI/c1-4-20-17(22-13-14-12-15(18)16(19)23(14)3)21-6-7-25-10-8-24(5-2)9-11-25;/h12H,4-11,13H2,1-3H3,(H2,20,21,22);1H. The number of hydrogen-bond acceptors (Lipinski definition) is 3. The van der Waals surface area contributed by atoms with Crippen LogP contribution in [0.15, 0.2) is 11.1 Å². The summed E-state index contributed by atoms with van der Waals surface area (Å²) in [5.41, 5.74) is 0.989. The first-order valence-electron chi connectivity index (χ1n) is 9.01. The second-order valence-electron chi connectivity index (χ2n) is 6.23. The molecule has 2 N–H and O–H groups in total. The van der Waals surface area contributed by atoms with Gasteiger partial charge in [0.05, 0.1) is 11.6 Å². The minimum Gasteiger partial charge on any atom is -0.357 e. The van der Waals surface area contributed by atoms with E-state index in [0.717, 1.165) is 50.9 Å². The zero-order chi connectivity index (χ0) is 18.2. The van der Waals surface area contributed by atoms with E-state index in [1.54, 1.807) is 0 Å². The van der Waals surface area contributed by atoms with E-state index in [-0.39, 0.29) is 24.0 Å². The molecular formula is C17H31Cl2IN6. The lowest BCUT2D eigenvalue weighted by Crippen LogP contribution is -2.49. The highest BCUT2D eigenvalue weighted by Gasteiger charge is 2.14. The smallest absolute Gasteiger partial charge is 0.191 e. The molecule has 150 valence electrons. The van der Waals surface area contributed by atoms with Crippen LogP contribution in [0.3, 0.4) is 0 Å². The number of hydrogen-bond donors (Lipinski definition) is 2. The van der Waals surface area contributed by atoms with Crippen molar-refractivity contribution in [3.8, 4) is 0 Å². The largest absolute Gasteiger partial charge is 0.357 e. The lowest BCUT2D eigenvalue weighted by atomic mass is 10.3. The Morgan fingerprint density at radius 1 is 1.12 bits per heavy atom. The molecule has 0 saturated carbocycles. The number of aromatic nitrogens is 1. The van der Waals surface area contributed by atoms with E-state index in [0.29, 0.717) is 16.7 Å². The number of nitrogens with zero attached hydrogens (tertiary/aromatic N) is 4. The molecule has 0 unspecified atom stereocenters. The third kappa shape index (κ3) is 7.07. The Hall–Kier alpha value is -0.220. The first kappa shape index (κ1) is 23.8. The molecule has 2 rings (SSSR count). The summed E-state index contributed by atoms with van der Waals surface area (Å²) in [5.74, 6) is 0.822. The van der Waals surface area contributed by atoms with Gasteiger partial charge in [-0.3, -0.25) is 4.90 Å². The van der Waals surface area contributed by atoms with Crippen LogP contribution in [-0.2, 0) is 13.6 Å². The highest BCUT2D eigenvalue weighted by Crippen LogP contribution is 2.25. The van der Waals surface area contributed by atoms with Gasteiger partial charge in [0.1, 0.15) is 5.15 Å². The molecule has 9 heteroatoms. The maximum Gasteiger partial charge on any atom is 0.191 e. The van der Waals surface area contributed by atoms with Crippen molar-refractivity contribution in [2.75, 3.05) is 52.4 Å². The summed E-state index contributed by atoms with van der Waals surface area (Å²) in [4.78, 5) is 9.63. The molecule has 0 atom stereocenters. The summed E-state index contributed by atoms with van der Waals surface area (Å²) in [5, 5.41) is 7.82. The summed E-state index contributed by atoms with van der Waals surface area (Å²) in [6.07, 6.45) is 0. The first-order valence-corrected chi connectivity index (χ1v) is 9.77. The fourth-order valence-corrected chi connectivity index (χ4v) is 3.32. The molecule has 1 aromatic heterocycles. The highest BCUT2D eigenvalue weighted by atomic mass is 127. The fourth-order valence-electron chi connectivity index (χ4n) is 2.90. The monoisotopic (exact) mass is 516 g/mol. The molecule has 1 aromatic rings. The zero-order valence-electron chi connectivity index (χ0n) is 15.9. The minimum atomic E-state index is 0. The van der Waals surface area contributed by atoms with Gasteiger partial charge in [-0.05, 0) is 19.5 Å². The Morgan fingerprint density at radius 2 is 1.77 bits per heavy atom. The molecular weight excluding hydrogens is 486 g/mol. The molecule has 0 aliphatic carbocycles. The van der Waals surface area contributed by atoms with Gasteiger partial charge in [0, 0.05) is 58.6 Å². The van der Waals surface area contributed by atoms with Crippen molar-refractivity contribution < 1.29 is 0 Å². The van der Waals surface area contributed by atoms with Crippen molar-refractivity contribution in [2.45, 2.75) is 20.4 Å². The molecule has 1 aliphatic heterocycles. The van der Waals surface area contributed by atoms with Crippen LogP contribution >= 0.6 is 47.2 Å². The van der Waals surface area contributed by atoms with Crippen molar-refractivity contribution in [2.24, 2.45) is 12.0 Å². The Morgan fingerprint density at radius 3 is 2.31 bits per heavy atom. The van der Waals surface area contributed by atoms with Crippen LogP contribution in [0.5, 0.6) is 0 Å². The molecule has 2 heterocycles. The van der Waals surface area contributed by atoms with Gasteiger partial charge in [-0.15, -0.1) is 24.0 Å². The molecule has 0 aromatic carbocycles. The topological polar surface area (TPSA) is 47.8 Å². The van der Waals surface area contributed by atoms with E-state index in [2.05, 4.69) is 39.3 Å². The molecule has 0 spiro atoms. The minimum absolute atomic E-state index is 0. The van der Waals surface area contributed by atoms with Crippen molar-refractivity contribution in [3.63, 3.8) is 0 Å². The lowest BCUT2D eigenvalue weighted by molar-refractivity contribution is 0.139. The van der Waals surface area contributed by atoms with Crippen molar-refractivity contribution in [1.82, 2.24) is 25.0 Å². The van der Waals surface area contributed by atoms with Gasteiger partial charge in [0.2, 0.25) is 0 Å². The van der Waals surface area contributed by atoms with Gasteiger partial charge in [0.25, 0.3) is 0 Å². The second kappa shape index (κ2) is 12.3. The average molecular weight is 517 g/mol. The maximum atomic E-state index is 6.11. The van der Waals surface area contributed by atoms with Gasteiger partial charge in [-0.1, -0.05) is 30.1 Å². The molecule has 0 amide bonds. The summed E-state index contributed by atoms with van der Waals surface area (Å²) in [6, 6.07) is 1.87. The van der Waals surface area contributed by atoms with Crippen molar-refractivity contribution in [1.29, 1.82) is 0 Å². The number of halogens is 3. The summed E-state index contributed by atoms with van der Waals surface area (Å²) in [6.45, 7) is 13.3. The fraction of sp³-hybridized carbons (Fsp3) is 0.706. The third-order valence-corrected chi connectivity index (χ3v) is 5.43. The number of rotatable bonds is 7. The van der Waals surface area contributed by atoms with Crippen LogP contribution in [0.1, 0.15) is 19.5 Å². The number of piperazine rings is 1. The first-order chi connectivity index (χ1) is 12.0. The summed E-state index contributed by atoms with van der Waals surface area (Å²) >= 11 is 12.2. The molecule has 0 radical (unpaired) electrons. The van der Waals surface area contributed by atoms with Crippen molar-refractivity contribution in [3.05, 3.63) is 21.9 Å². The third-order valence-electron chi connectivity index (χ3n) is 4.59. The molecule has 1 fully saturated rings. The van der Waals surface area contributed by atoms with E-state index < -0.39 is 0 Å². The van der Waals surface area contributed by atoms with Gasteiger partial charge >= 0.3 is 0 Å². The van der Waals surface area contributed by atoms with E-state index in [1.807, 2.05) is 17.7 Å². The Bertz CT molecular complexity index is 570. The highest BCUT2D eigenvalue weighted by molar-refractivity contribution is 14.0. The average Bonchev–Trinajstić information content (AvgIpc) is 2.87. The number of guanidine groups is 1. The van der Waals surface area contributed by atoms with Crippen LogP contribution in [0.2, 0.25) is 10.2 Å². The Kier molecular flexibility index (Phi) is 11.2. The van der Waals surface area contributed by atoms with E-state index in [4.69, 9.17) is 23.2 Å². The Labute approximate surface area is 184 Å². The van der Waals surface area contributed by atoms with Gasteiger partial charge in [-0.2, -0.15) is 0 Å². The molecule has 0 bridgehead atoms. The van der Waals surface area contributed by atoms with Crippen LogP contribution < -0.4 is 10.6 Å². The van der Waals surface area contributed by atoms with Crippen LogP contribution in [-0.4, -0.2) is 72.7 Å². The van der Waals surface area contributed by atoms with E-state index in [1.165, 1.54) is 13.1 Å². The number of nitrogens with one attached hydrogen (secondary N) is 2. The zero-order valence-corrected chi connectivity index (χ0v) is 19.7. The molecule has 6 nitrogen and oxygen atoms in total. The normalized spacial score (nSPS) is 16.4. The Balaban J connectivity index is 0.00000338. The summed E-state index contributed by atoms with van der Waals surface area (Å²) < 4.78 is 1.87. The maximum absolute atomic E-state index is 6.11. The van der Waals surface area contributed by atoms with Crippen LogP contribution in [0.25, 0.3) is 0 Å². The van der Waals surface area contributed by atoms with Crippen LogP contribution in [0, 0.1) is 0 Å². The lowest BCUT2D eigenvalue weighted by Gasteiger charge is -2.34. The number of aliphatic imine (C=N–C) groups is 1. The van der Waals surface area contributed by atoms with E-state index >= 15 is 0 Å². The quantitative estimate of drug-likeness (QED) is 0.332. The predicted molar refractivity (Wildman–Crippen MR) is 122 cm³/mol. The van der Waals surface area contributed by atoms with Gasteiger partial charge in [-0.25, -0.2) is 4.99 Å². The van der Waals surface area contributed by atoms with Crippen molar-refractivity contribution >= 4 is 53.1 Å². The molecule has 1 aliphatic rings. The summed E-state index contributed by atoms with van der Waals surface area (Å²) in [7, 11) is 1.90. The second-order valence-corrected chi connectivity index (χ2v) is 7.00. The predicted octanol–water partition coefficient (Wildman–Crippen LogP) is 2.64. The SMILES string of the molecule is CCNC(=NCc1cc(Cl)c(Cl)n1C)NCCN1CCN(CC)CC1.I. The van der Waals surface area contributed by atoms with E-state index in [9.17, 15) is 0 Å². The molecule has 1 saturated heterocycles.